The number of halogens is 1. The van der Waals surface area contributed by atoms with Crippen molar-refractivity contribution in [3.63, 3.8) is 0 Å². The van der Waals surface area contributed by atoms with Gasteiger partial charge in [0.25, 0.3) is 0 Å². The molecule has 2 aromatic rings. The van der Waals surface area contributed by atoms with Gasteiger partial charge in [0.15, 0.2) is 5.78 Å². The van der Waals surface area contributed by atoms with E-state index >= 15 is 0 Å². The molecule has 2 rings (SSSR count). The molecule has 0 bridgehead atoms. The van der Waals surface area contributed by atoms with Crippen molar-refractivity contribution >= 4 is 23.6 Å². The smallest absolute Gasteiger partial charge is 0.169 e. The Morgan fingerprint density at radius 1 is 1.07 bits per heavy atom. The SMILES string of the molecule is CC(C)(C)CCC(C)(CC=N)C(=O)c1ccc(Cl)c(Oc2ccccc2)c1. The van der Waals surface area contributed by atoms with Gasteiger partial charge in [0.2, 0.25) is 0 Å². The highest BCUT2D eigenvalue weighted by Crippen LogP contribution is 2.38. The maximum absolute atomic E-state index is 13.3. The molecule has 0 heterocycles. The molecular weight excluding hydrogens is 358 g/mol. The Hall–Kier alpha value is -2.13. The van der Waals surface area contributed by atoms with Crippen LogP contribution >= 0.6 is 11.6 Å². The minimum atomic E-state index is -0.618. The first-order valence-electron chi connectivity index (χ1n) is 9.21. The minimum Gasteiger partial charge on any atom is -0.456 e. The molecule has 0 amide bonds. The molecule has 144 valence electrons. The van der Waals surface area contributed by atoms with Crippen molar-refractivity contribution in [2.45, 2.75) is 47.0 Å². The Balaban J connectivity index is 2.30. The summed E-state index contributed by atoms with van der Waals surface area (Å²) in [5, 5.41) is 8.01. The van der Waals surface area contributed by atoms with Crippen LogP contribution in [0.15, 0.2) is 48.5 Å². The third-order valence-electron chi connectivity index (χ3n) is 4.69. The van der Waals surface area contributed by atoms with Gasteiger partial charge in [-0.2, -0.15) is 0 Å². The van der Waals surface area contributed by atoms with E-state index in [2.05, 4.69) is 20.8 Å². The van der Waals surface area contributed by atoms with Crippen LogP contribution in [0.4, 0.5) is 0 Å². The van der Waals surface area contributed by atoms with Crippen LogP contribution in [0.5, 0.6) is 11.5 Å². The highest BCUT2D eigenvalue weighted by atomic mass is 35.5. The zero-order valence-corrected chi connectivity index (χ0v) is 17.3. The summed E-state index contributed by atoms with van der Waals surface area (Å²) in [6.45, 7) is 8.43. The molecule has 3 nitrogen and oxygen atoms in total. The van der Waals surface area contributed by atoms with Crippen LogP contribution in [0, 0.1) is 16.2 Å². The second-order valence-corrected chi connectivity index (χ2v) is 8.83. The highest BCUT2D eigenvalue weighted by molar-refractivity contribution is 6.32. The Morgan fingerprint density at radius 3 is 2.33 bits per heavy atom. The van der Waals surface area contributed by atoms with Gasteiger partial charge in [0, 0.05) is 11.0 Å². The lowest BCUT2D eigenvalue weighted by atomic mass is 9.72. The Morgan fingerprint density at radius 2 is 1.74 bits per heavy atom. The molecule has 1 atom stereocenters. The predicted molar refractivity (Wildman–Crippen MR) is 112 cm³/mol. The molecule has 0 aliphatic rings. The van der Waals surface area contributed by atoms with Crippen molar-refractivity contribution in [2.75, 3.05) is 0 Å². The number of Topliss-reactive ketones (excluding diaryl/α,β-unsaturated/α-hetero) is 1. The number of hydrogen-bond acceptors (Lipinski definition) is 3. The van der Waals surface area contributed by atoms with Crippen LogP contribution in [0.1, 0.15) is 57.3 Å². The molecule has 1 N–H and O–H groups in total. The molecular formula is C23H28ClNO2. The van der Waals surface area contributed by atoms with E-state index in [1.54, 1.807) is 18.2 Å². The van der Waals surface area contributed by atoms with Crippen LogP contribution in [0.25, 0.3) is 0 Å². The second kappa shape index (κ2) is 8.71. The van der Waals surface area contributed by atoms with Crippen LogP contribution in [0.2, 0.25) is 5.02 Å². The van der Waals surface area contributed by atoms with E-state index in [0.717, 1.165) is 12.8 Å². The standard InChI is InChI=1S/C23H28ClNO2/c1-22(2,3)12-13-23(4,14-15-25)21(26)17-10-11-19(24)20(16-17)27-18-8-6-5-7-9-18/h5-11,15-16,25H,12-14H2,1-4H3. The van der Waals surface area contributed by atoms with Gasteiger partial charge in [-0.15, -0.1) is 0 Å². The van der Waals surface area contributed by atoms with E-state index in [0.29, 0.717) is 28.5 Å². The number of carbonyl (C=O) groups is 1. The highest BCUT2D eigenvalue weighted by Gasteiger charge is 2.34. The number of hydrogen-bond donors (Lipinski definition) is 1. The summed E-state index contributed by atoms with van der Waals surface area (Å²) in [6.07, 6.45) is 3.38. The Labute approximate surface area is 167 Å². The largest absolute Gasteiger partial charge is 0.456 e. The molecule has 2 aromatic carbocycles. The fraction of sp³-hybridized carbons (Fsp3) is 0.391. The first-order valence-corrected chi connectivity index (χ1v) is 9.59. The molecule has 0 saturated carbocycles. The molecule has 0 aromatic heterocycles. The lowest BCUT2D eigenvalue weighted by molar-refractivity contribution is 0.0793. The Kier molecular flexibility index (Phi) is 6.83. The minimum absolute atomic E-state index is 0.0184. The maximum Gasteiger partial charge on any atom is 0.169 e. The van der Waals surface area contributed by atoms with Crippen molar-refractivity contribution in [1.82, 2.24) is 0 Å². The van der Waals surface area contributed by atoms with Gasteiger partial charge < -0.3 is 10.1 Å². The summed E-state index contributed by atoms with van der Waals surface area (Å²) in [5.41, 5.74) is 0.0708. The lowest BCUT2D eigenvalue weighted by Gasteiger charge is -2.30. The van der Waals surface area contributed by atoms with Gasteiger partial charge in [-0.25, -0.2) is 0 Å². The van der Waals surface area contributed by atoms with Crippen LogP contribution in [-0.4, -0.2) is 12.0 Å². The molecule has 4 heteroatoms. The number of ether oxygens (including phenoxy) is 1. The zero-order valence-electron chi connectivity index (χ0n) is 16.5. The van der Waals surface area contributed by atoms with Crippen LogP contribution in [0.3, 0.4) is 0 Å². The molecule has 0 aliphatic carbocycles. The molecule has 0 saturated heterocycles. The van der Waals surface area contributed by atoms with E-state index in [-0.39, 0.29) is 11.2 Å². The molecule has 0 radical (unpaired) electrons. The van der Waals surface area contributed by atoms with Crippen LogP contribution < -0.4 is 4.74 Å². The van der Waals surface area contributed by atoms with Crippen molar-refractivity contribution < 1.29 is 9.53 Å². The van der Waals surface area contributed by atoms with Crippen molar-refractivity contribution in [2.24, 2.45) is 10.8 Å². The Bertz CT molecular complexity index is 796. The van der Waals surface area contributed by atoms with Gasteiger partial charge in [-0.3, -0.25) is 4.79 Å². The topological polar surface area (TPSA) is 50.2 Å². The first kappa shape index (κ1) is 21.2. The van der Waals surface area contributed by atoms with Crippen molar-refractivity contribution in [3.05, 3.63) is 59.1 Å². The fourth-order valence-electron chi connectivity index (χ4n) is 2.87. The van der Waals surface area contributed by atoms with Crippen LogP contribution in [-0.2, 0) is 0 Å². The predicted octanol–water partition coefficient (Wildman–Crippen LogP) is 7.19. The number of nitrogens with one attached hydrogen (secondary N) is 1. The monoisotopic (exact) mass is 385 g/mol. The summed E-state index contributed by atoms with van der Waals surface area (Å²) >= 11 is 6.27. The average Bonchev–Trinajstić information content (AvgIpc) is 2.62. The zero-order chi connectivity index (χ0) is 20.1. The third kappa shape index (κ3) is 5.93. The number of para-hydroxylation sites is 1. The summed E-state index contributed by atoms with van der Waals surface area (Å²) in [6, 6.07) is 14.5. The van der Waals surface area contributed by atoms with Gasteiger partial charge in [0.1, 0.15) is 11.5 Å². The molecule has 0 aliphatic heterocycles. The number of rotatable bonds is 8. The third-order valence-corrected chi connectivity index (χ3v) is 5.00. The summed E-state index contributed by atoms with van der Waals surface area (Å²) in [4.78, 5) is 13.3. The number of benzene rings is 2. The van der Waals surface area contributed by atoms with Crippen molar-refractivity contribution in [1.29, 1.82) is 5.41 Å². The normalized spacial score (nSPS) is 13.7. The quantitative estimate of drug-likeness (QED) is 0.386. The second-order valence-electron chi connectivity index (χ2n) is 8.42. The number of ketones is 1. The fourth-order valence-corrected chi connectivity index (χ4v) is 3.03. The van der Waals surface area contributed by atoms with E-state index in [1.807, 2.05) is 37.3 Å². The van der Waals surface area contributed by atoms with E-state index in [9.17, 15) is 4.79 Å². The van der Waals surface area contributed by atoms with E-state index in [1.165, 1.54) is 6.21 Å². The number of carbonyl (C=O) groups excluding carboxylic acids is 1. The van der Waals surface area contributed by atoms with Gasteiger partial charge >= 0.3 is 0 Å². The summed E-state index contributed by atoms with van der Waals surface area (Å²) in [5.74, 6) is 1.14. The first-order chi connectivity index (χ1) is 12.6. The molecule has 1 unspecified atom stereocenters. The average molecular weight is 386 g/mol. The van der Waals surface area contributed by atoms with E-state index in [4.69, 9.17) is 21.7 Å². The molecule has 0 fully saturated rings. The maximum atomic E-state index is 13.3. The lowest BCUT2D eigenvalue weighted by Crippen LogP contribution is -2.30. The van der Waals surface area contributed by atoms with Gasteiger partial charge in [-0.1, -0.05) is 57.5 Å². The molecule has 0 spiro atoms. The van der Waals surface area contributed by atoms with E-state index < -0.39 is 5.41 Å². The molecule has 27 heavy (non-hydrogen) atoms. The van der Waals surface area contributed by atoms with Crippen molar-refractivity contribution in [3.8, 4) is 11.5 Å². The van der Waals surface area contributed by atoms with Gasteiger partial charge in [-0.05, 0) is 61.2 Å². The van der Waals surface area contributed by atoms with Gasteiger partial charge in [0.05, 0.1) is 5.02 Å². The summed E-state index contributed by atoms with van der Waals surface area (Å²) < 4.78 is 5.86. The summed E-state index contributed by atoms with van der Waals surface area (Å²) in [7, 11) is 0.